The third-order valence-corrected chi connectivity index (χ3v) is 15.6. The van der Waals surface area contributed by atoms with Crippen molar-refractivity contribution in [2.75, 3.05) is 13.7 Å². The Morgan fingerprint density at radius 2 is 0.669 bits per heavy atom. The average Bonchev–Trinajstić information content (AvgIpc) is 1.68. The molecule has 1 aliphatic rings. The van der Waals surface area contributed by atoms with E-state index in [0.29, 0.717) is 63.6 Å². The highest BCUT2D eigenvalue weighted by Crippen LogP contribution is 2.30. The number of likely N-dealkylation sites (tertiary alicyclic amines) is 1. The largest absolute Gasteiger partial charge is 0.453 e. The van der Waals surface area contributed by atoms with Crippen molar-refractivity contribution in [2.45, 2.75) is 151 Å². The molecule has 0 spiro atoms. The molecule has 7 rings (SSSR count). The van der Waals surface area contributed by atoms with Gasteiger partial charge in [-0.05, 0) is 184 Å². The summed E-state index contributed by atoms with van der Waals surface area (Å²) in [6.45, 7) is 25.5. The number of hydrogen-bond acceptors (Lipinski definition) is 24. The van der Waals surface area contributed by atoms with E-state index in [0.717, 1.165) is 12.5 Å². The number of nitrogens with zero attached hydrogens (tertiary/aromatic N) is 1. The molecule has 1 aliphatic heterocycles. The Hall–Kier alpha value is -13.4. The molecule has 1 fully saturated rings. The molecule has 1 heterocycles. The fourth-order valence-electron chi connectivity index (χ4n) is 10.3. The van der Waals surface area contributed by atoms with Crippen LogP contribution in [0.3, 0.4) is 0 Å². The lowest BCUT2D eigenvalue weighted by atomic mass is 9.94. The lowest BCUT2D eigenvalue weighted by Gasteiger charge is -2.32. The number of nitrogens with one attached hydrogen (secondary N) is 4. The predicted molar refractivity (Wildman–Crippen MR) is 474 cm³/mol. The normalized spacial score (nSPS) is 12.8. The maximum atomic E-state index is 12.6. The smallest absolute Gasteiger partial charge is 0.407 e. The second-order valence-corrected chi connectivity index (χ2v) is 29.8. The Kier molecular flexibility index (Phi) is 45.4. The first-order valence-electron chi connectivity index (χ1n) is 38.0. The van der Waals surface area contributed by atoms with Gasteiger partial charge in [0, 0.05) is 71.7 Å². The third-order valence-electron chi connectivity index (χ3n) is 15.6. The predicted octanol–water partition coefficient (Wildman–Crippen LogP) is 9.21. The van der Waals surface area contributed by atoms with Crippen molar-refractivity contribution >= 4 is 177 Å². The zero-order chi connectivity index (χ0) is 93.8. The number of benzene rings is 6. The van der Waals surface area contributed by atoms with Crippen molar-refractivity contribution in [3.8, 4) is 34.5 Å². The molecule has 4 N–H and O–H groups in total. The lowest BCUT2D eigenvalue weighted by molar-refractivity contribution is -0.150. The molecule has 3 unspecified atom stereocenters. The Balaban J connectivity index is 0.000000507. The molecular weight excluding hydrogens is 1580 g/mol. The van der Waals surface area contributed by atoms with Crippen LogP contribution in [0.4, 0.5) is 4.79 Å². The van der Waals surface area contributed by atoms with Crippen LogP contribution in [-0.2, 0) is 76.7 Å². The summed E-state index contributed by atoms with van der Waals surface area (Å²) >= 11 is 0. The first-order valence-corrected chi connectivity index (χ1v) is 38.0. The van der Waals surface area contributed by atoms with Gasteiger partial charge in [0.25, 0.3) is 0 Å². The van der Waals surface area contributed by atoms with E-state index in [4.69, 9.17) is 75.5 Å². The molecule has 6 aromatic rings. The summed E-state index contributed by atoms with van der Waals surface area (Å²) in [5.74, 6) is -1.94. The summed E-state index contributed by atoms with van der Waals surface area (Å²) in [6, 6.07) is 38.4. The van der Waals surface area contributed by atoms with Gasteiger partial charge < -0.3 is 82.8 Å². The van der Waals surface area contributed by atoms with Crippen LogP contribution >= 0.6 is 0 Å². The first kappa shape index (κ1) is 107. The monoisotopic (exact) mass is 1680 g/mol. The van der Waals surface area contributed by atoms with Crippen molar-refractivity contribution in [3.05, 3.63) is 215 Å². The van der Waals surface area contributed by atoms with Gasteiger partial charge in [0.2, 0.25) is 17.7 Å². The number of methoxy groups -OCH3 is 1. The van der Waals surface area contributed by atoms with E-state index in [9.17, 15) is 76.7 Å². The summed E-state index contributed by atoms with van der Waals surface area (Å²) in [6.07, 6.45) is 16.6. The van der Waals surface area contributed by atoms with Crippen LogP contribution in [0.1, 0.15) is 150 Å². The van der Waals surface area contributed by atoms with Crippen LogP contribution < -0.4 is 49.7 Å². The number of esters is 6. The molecule has 12 radical (unpaired) electrons. The van der Waals surface area contributed by atoms with Crippen LogP contribution in [0.15, 0.2) is 182 Å². The molecule has 638 valence electrons. The number of hydrogen-bond donors (Lipinski definition) is 4. The number of amides is 4. The van der Waals surface area contributed by atoms with Crippen molar-refractivity contribution in [3.63, 3.8) is 0 Å². The highest BCUT2D eigenvalue weighted by Gasteiger charge is 2.40. The van der Waals surface area contributed by atoms with Gasteiger partial charge in [-0.15, -0.1) is 0 Å². The third kappa shape index (κ3) is 42.7. The maximum Gasteiger partial charge on any atom is 0.407 e. The number of alkyl carbamates (subject to hydrolysis) is 1. The van der Waals surface area contributed by atoms with Gasteiger partial charge >= 0.3 is 41.9 Å². The van der Waals surface area contributed by atoms with Crippen LogP contribution in [0.5, 0.6) is 34.5 Å². The molecule has 0 aliphatic carbocycles. The Labute approximate surface area is 730 Å². The van der Waals surface area contributed by atoms with Crippen LogP contribution in [0.2, 0.25) is 0 Å². The highest BCUT2D eigenvalue weighted by molar-refractivity contribution is 6.63. The van der Waals surface area contributed by atoms with Gasteiger partial charge in [-0.2, -0.15) is 0 Å². The van der Waals surface area contributed by atoms with E-state index in [1.807, 2.05) is 41.5 Å². The summed E-state index contributed by atoms with van der Waals surface area (Å²) < 4.78 is 36.0. The van der Waals surface area contributed by atoms with Crippen LogP contribution in [0, 0.1) is 5.41 Å². The molecule has 34 heteroatoms. The van der Waals surface area contributed by atoms with Crippen molar-refractivity contribution in [2.24, 2.45) is 5.41 Å². The fourth-order valence-corrected chi connectivity index (χ4v) is 10.3. The number of carbonyl (C=O) groups is 16. The van der Waals surface area contributed by atoms with Gasteiger partial charge in [-0.3, -0.25) is 24.5 Å². The second-order valence-electron chi connectivity index (χ2n) is 29.8. The van der Waals surface area contributed by atoms with E-state index in [1.54, 1.807) is 178 Å². The SMILES string of the molecule is [B]C(=O)/C=C\c1ccccc1OC(=O)C(C)(C)NC(C)(C)C.[B]C(=O)/C=C\c1ccccc1OC(=O)C(C)(C)NC(C)=O.[B]C(=O)/C=C\c1ccccc1OC(=O)C(C)NC(=O)OC.[B]C(=O)/C=C\c1ccccc1OC(=O)C(C)NC(C)=O.[B]C(=O)/C=C\c1ccccc1OC(=O)C1CCCN1C(=O)C(C)(C)C.[B]C(=O)/C=C\c1ccccc1OC(C)=O. The molecule has 0 bridgehead atoms. The summed E-state index contributed by atoms with van der Waals surface area (Å²) in [4.78, 5) is 183. The first-order chi connectivity index (χ1) is 57.9. The van der Waals surface area contributed by atoms with E-state index in [1.165, 1.54) is 109 Å². The highest BCUT2D eigenvalue weighted by atomic mass is 16.6. The Morgan fingerprint density at radius 1 is 0.387 bits per heavy atom. The topological polar surface area (TPSA) is 389 Å². The Morgan fingerprint density at radius 3 is 0.944 bits per heavy atom. The average molecular weight is 1680 g/mol. The molecule has 0 saturated carbocycles. The minimum atomic E-state index is -1.16. The molecule has 3 atom stereocenters. The number of ether oxygens (including phenoxy) is 7. The minimum absolute atomic E-state index is 0.0612. The zero-order valence-electron chi connectivity index (χ0n) is 71.9. The van der Waals surface area contributed by atoms with Gasteiger partial charge in [0.1, 0.15) is 63.7 Å². The summed E-state index contributed by atoms with van der Waals surface area (Å²) in [5, 5.41) is 10.4. The molecule has 6 aromatic carbocycles. The Bertz CT molecular complexity index is 5000. The maximum absolute atomic E-state index is 12.6. The molecule has 28 nitrogen and oxygen atoms in total. The number of rotatable bonds is 27. The number of para-hydroxylation sites is 6. The van der Waals surface area contributed by atoms with E-state index in [2.05, 4.69) is 26.0 Å². The minimum Gasteiger partial charge on any atom is -0.453 e. The second kappa shape index (κ2) is 52.7. The number of allylic oxidation sites excluding steroid dienone is 6. The van der Waals surface area contributed by atoms with E-state index < -0.39 is 111 Å². The van der Waals surface area contributed by atoms with Crippen LogP contribution in [-0.4, -0.2) is 194 Å². The molecular formula is C90H97B6N5O23. The molecule has 124 heavy (non-hydrogen) atoms. The van der Waals surface area contributed by atoms with Crippen LogP contribution in [0.25, 0.3) is 36.5 Å². The molecule has 0 aromatic heterocycles. The fraction of sp³-hybridized carbons (Fsp3) is 0.289. The number of carbonyl (C=O) groups excluding carboxylic acids is 16. The van der Waals surface area contributed by atoms with E-state index in [-0.39, 0.29) is 40.5 Å². The van der Waals surface area contributed by atoms with Gasteiger partial charge in [-0.1, -0.05) is 130 Å². The van der Waals surface area contributed by atoms with Crippen molar-refractivity contribution in [1.82, 2.24) is 26.2 Å². The summed E-state index contributed by atoms with van der Waals surface area (Å²) in [7, 11) is 31.4. The van der Waals surface area contributed by atoms with Gasteiger partial charge in [0.05, 0.1) is 41.2 Å². The quantitative estimate of drug-likeness (QED) is 0.0161. The zero-order valence-corrected chi connectivity index (χ0v) is 71.9. The lowest BCUT2D eigenvalue weighted by Crippen LogP contribution is -2.56. The van der Waals surface area contributed by atoms with Crippen molar-refractivity contribution in [1.29, 1.82) is 0 Å². The van der Waals surface area contributed by atoms with Gasteiger partial charge in [-0.25, -0.2) is 28.8 Å². The molecule has 4 amide bonds. The standard InChI is InChI=1S/C19H22BNO4.C17H22BNO3.C15H16BNO4.C14H14BNO5.C14H14BNO4.C11H9BO3/c1-19(2,3)18(24)21-12-6-8-14(21)17(23)25-15-9-5-4-7-13(15)10-11-16(20)22;1-16(2,3)19-17(4,5)15(21)22-13-9-7-6-8-12(13)10-11-14(18)20;1-10(18)17-15(2,3)14(20)21-12-7-5-4-6-11(12)8-9-13(16)19;1-9(16-14(19)20-2)13(18)21-11-6-4-3-5-10(11)7-8-12(15)17;1-9(16-10(2)17)14(19)20-12-6-4-3-5-11(12)7-8-13(15)18;1-8(13)15-10-5-3-2-4-9(10)6-7-11(12)14/h4-5,7,9-11,14H,6,8,12H2,1-3H3;6-11,19H,1-5H3;4-9H,1-3H3,(H,17,18);3-9H,1-2H3,(H,16,19);3-9H,1-2H3,(H,16,17);2-7H,1H3/b2*11-10-;9-8-;2*8-7-;7-6-. The molecule has 1 saturated heterocycles. The summed E-state index contributed by atoms with van der Waals surface area (Å²) in [5.41, 5.74) is -2.90. The van der Waals surface area contributed by atoms with Crippen molar-refractivity contribution < 1.29 is 110 Å². The van der Waals surface area contributed by atoms with E-state index >= 15 is 0 Å². The van der Waals surface area contributed by atoms with Gasteiger partial charge in [0.15, 0.2) is 47.1 Å².